The highest BCUT2D eigenvalue weighted by Gasteiger charge is 2.09. The van der Waals surface area contributed by atoms with Crippen LogP contribution in [-0.2, 0) is 37.0 Å². The fraction of sp³-hybridized carbons (Fsp3) is 0.500. The van der Waals surface area contributed by atoms with Crippen LogP contribution in [0.2, 0.25) is 5.15 Å². The number of hydrogen-bond acceptors (Lipinski definition) is 9. The third-order valence-corrected chi connectivity index (χ3v) is 4.92. The lowest BCUT2D eigenvalue weighted by atomic mass is 10.1. The van der Waals surface area contributed by atoms with Crippen molar-refractivity contribution in [3.05, 3.63) is 46.6 Å². The van der Waals surface area contributed by atoms with Crippen LogP contribution in [0.25, 0.3) is 0 Å². The number of amides is 2. The maximum absolute atomic E-state index is 12.0. The van der Waals surface area contributed by atoms with Crippen molar-refractivity contribution >= 4 is 29.4 Å². The lowest BCUT2D eigenvalue weighted by molar-refractivity contribution is -0.137. The minimum absolute atomic E-state index is 0.0110. The average Bonchev–Trinajstić information content (AvgIpc) is 2.84. The van der Waals surface area contributed by atoms with Crippen LogP contribution in [0.3, 0.4) is 0 Å². The maximum atomic E-state index is 12.0. The number of carbonyl (C=O) groups is 2. The van der Waals surface area contributed by atoms with E-state index in [0.29, 0.717) is 32.2 Å². The van der Waals surface area contributed by atoms with E-state index in [9.17, 15) is 9.59 Å². The second kappa shape index (κ2) is 15.9. The van der Waals surface area contributed by atoms with Gasteiger partial charge in [0, 0.05) is 26.2 Å². The first-order valence-corrected chi connectivity index (χ1v) is 11.9. The van der Waals surface area contributed by atoms with Gasteiger partial charge in [-0.3, -0.25) is 9.59 Å². The SMILES string of the molecule is CC(C)OCC(=O)N(C)CCOCCOCC(=O)NCc1ccc(COc2cc(Cl)nc(N)n2)cc1. The molecule has 0 fully saturated rings. The molecule has 2 rings (SSSR count). The first-order chi connectivity index (χ1) is 17.2. The van der Waals surface area contributed by atoms with E-state index in [1.807, 2.05) is 38.1 Å². The number of hydrogen-bond donors (Lipinski definition) is 2. The predicted octanol–water partition coefficient (Wildman–Crippen LogP) is 1.82. The van der Waals surface area contributed by atoms with Crippen molar-refractivity contribution in [1.82, 2.24) is 20.2 Å². The number of rotatable bonds is 16. The minimum Gasteiger partial charge on any atom is -0.473 e. The zero-order chi connectivity index (χ0) is 26.3. The number of nitrogens with one attached hydrogen (secondary N) is 1. The number of nitrogens with two attached hydrogens (primary N) is 1. The molecule has 0 aliphatic carbocycles. The Balaban J connectivity index is 1.53. The molecule has 0 aliphatic rings. The Morgan fingerprint density at radius 2 is 1.75 bits per heavy atom. The number of nitrogen functional groups attached to an aromatic ring is 1. The maximum Gasteiger partial charge on any atom is 0.248 e. The standard InChI is InChI=1S/C24H34ClN5O6/c1-17(2)35-16-23(32)30(3)8-9-33-10-11-34-15-21(31)27-13-18-4-6-19(7-5-18)14-36-22-12-20(25)28-24(26)29-22/h4-7,12,17H,8-11,13-16H2,1-3H3,(H,27,31)(H2,26,28,29). The van der Waals surface area contributed by atoms with Gasteiger partial charge in [-0.25, -0.2) is 4.98 Å². The Kier molecular flexibility index (Phi) is 12.9. The molecule has 2 amide bonds. The van der Waals surface area contributed by atoms with E-state index < -0.39 is 0 Å². The largest absolute Gasteiger partial charge is 0.473 e. The molecule has 0 spiro atoms. The summed E-state index contributed by atoms with van der Waals surface area (Å²) < 4.78 is 21.6. The third-order valence-electron chi connectivity index (χ3n) is 4.73. The molecule has 3 N–H and O–H groups in total. The molecule has 1 aromatic carbocycles. The molecule has 0 radical (unpaired) electrons. The molecule has 0 bridgehead atoms. The number of carbonyl (C=O) groups excluding carboxylic acids is 2. The van der Waals surface area contributed by atoms with Gasteiger partial charge in [0.15, 0.2) is 0 Å². The van der Waals surface area contributed by atoms with Crippen LogP contribution in [0.1, 0.15) is 25.0 Å². The van der Waals surface area contributed by atoms with Crippen LogP contribution in [-0.4, -0.2) is 79.4 Å². The summed E-state index contributed by atoms with van der Waals surface area (Å²) >= 11 is 5.83. The number of aromatic nitrogens is 2. The summed E-state index contributed by atoms with van der Waals surface area (Å²) in [6, 6.07) is 9.06. The second-order valence-electron chi connectivity index (χ2n) is 8.11. The van der Waals surface area contributed by atoms with Crippen molar-refractivity contribution in [2.45, 2.75) is 33.1 Å². The van der Waals surface area contributed by atoms with Gasteiger partial charge in [-0.05, 0) is 25.0 Å². The Bertz CT molecular complexity index is 940. The molecular formula is C24H34ClN5O6. The monoisotopic (exact) mass is 523 g/mol. The quantitative estimate of drug-likeness (QED) is 0.249. The first-order valence-electron chi connectivity index (χ1n) is 11.5. The Morgan fingerprint density at radius 1 is 1.06 bits per heavy atom. The van der Waals surface area contributed by atoms with Gasteiger partial charge >= 0.3 is 0 Å². The van der Waals surface area contributed by atoms with Gasteiger partial charge in [-0.1, -0.05) is 35.9 Å². The molecule has 0 aliphatic heterocycles. The fourth-order valence-corrected chi connectivity index (χ4v) is 2.89. The van der Waals surface area contributed by atoms with E-state index in [4.69, 9.17) is 36.3 Å². The number of halogens is 1. The van der Waals surface area contributed by atoms with Gasteiger partial charge < -0.3 is 34.9 Å². The molecule has 198 valence electrons. The summed E-state index contributed by atoms with van der Waals surface area (Å²) in [6.07, 6.45) is 0.0110. The molecule has 0 saturated heterocycles. The van der Waals surface area contributed by atoms with Crippen molar-refractivity contribution in [3.63, 3.8) is 0 Å². The number of benzene rings is 1. The molecule has 2 aromatic rings. The first kappa shape index (κ1) is 29.2. The van der Waals surface area contributed by atoms with Crippen LogP contribution in [0, 0.1) is 0 Å². The second-order valence-corrected chi connectivity index (χ2v) is 8.50. The zero-order valence-corrected chi connectivity index (χ0v) is 21.6. The molecule has 0 saturated carbocycles. The summed E-state index contributed by atoms with van der Waals surface area (Å²) in [5, 5.41) is 3.01. The summed E-state index contributed by atoms with van der Waals surface area (Å²) in [5.74, 6) is 0.0193. The van der Waals surface area contributed by atoms with E-state index in [1.54, 1.807) is 11.9 Å². The van der Waals surface area contributed by atoms with Crippen LogP contribution in [0.15, 0.2) is 30.3 Å². The Hall–Kier alpha value is -2.99. The summed E-state index contributed by atoms with van der Waals surface area (Å²) in [6.45, 7) is 5.84. The molecule has 1 heterocycles. The lowest BCUT2D eigenvalue weighted by Crippen LogP contribution is -2.34. The highest BCUT2D eigenvalue weighted by Crippen LogP contribution is 2.16. The molecule has 36 heavy (non-hydrogen) atoms. The predicted molar refractivity (Wildman–Crippen MR) is 134 cm³/mol. The van der Waals surface area contributed by atoms with Crippen molar-refractivity contribution in [1.29, 1.82) is 0 Å². The molecule has 11 nitrogen and oxygen atoms in total. The van der Waals surface area contributed by atoms with Crippen LogP contribution in [0.4, 0.5) is 5.95 Å². The van der Waals surface area contributed by atoms with Gasteiger partial charge in [0.2, 0.25) is 23.6 Å². The smallest absolute Gasteiger partial charge is 0.248 e. The van der Waals surface area contributed by atoms with Gasteiger partial charge in [0.25, 0.3) is 0 Å². The lowest BCUT2D eigenvalue weighted by Gasteiger charge is -2.18. The van der Waals surface area contributed by atoms with E-state index in [2.05, 4.69) is 15.3 Å². The van der Waals surface area contributed by atoms with E-state index >= 15 is 0 Å². The normalized spacial score (nSPS) is 10.9. The minimum atomic E-state index is -0.226. The van der Waals surface area contributed by atoms with E-state index in [0.717, 1.165) is 11.1 Å². The molecular weight excluding hydrogens is 490 g/mol. The van der Waals surface area contributed by atoms with E-state index in [-0.39, 0.29) is 55.4 Å². The van der Waals surface area contributed by atoms with E-state index in [1.165, 1.54) is 6.07 Å². The number of ether oxygens (including phenoxy) is 4. The molecule has 12 heteroatoms. The number of anilines is 1. The molecule has 0 atom stereocenters. The highest BCUT2D eigenvalue weighted by atomic mass is 35.5. The number of nitrogens with zero attached hydrogens (tertiary/aromatic N) is 3. The Morgan fingerprint density at radius 3 is 2.44 bits per heavy atom. The van der Waals surface area contributed by atoms with Gasteiger partial charge in [-0.15, -0.1) is 0 Å². The topological polar surface area (TPSA) is 138 Å². The van der Waals surface area contributed by atoms with Gasteiger partial charge in [0.05, 0.1) is 25.9 Å². The summed E-state index contributed by atoms with van der Waals surface area (Å²) in [7, 11) is 1.70. The van der Waals surface area contributed by atoms with Crippen molar-refractivity contribution in [2.24, 2.45) is 0 Å². The molecule has 1 aromatic heterocycles. The third kappa shape index (κ3) is 12.1. The van der Waals surface area contributed by atoms with Crippen LogP contribution >= 0.6 is 11.6 Å². The highest BCUT2D eigenvalue weighted by molar-refractivity contribution is 6.29. The van der Waals surface area contributed by atoms with Gasteiger partial charge in [0.1, 0.15) is 25.0 Å². The van der Waals surface area contributed by atoms with Crippen molar-refractivity contribution in [2.75, 3.05) is 52.4 Å². The van der Waals surface area contributed by atoms with Crippen molar-refractivity contribution in [3.8, 4) is 5.88 Å². The number of likely N-dealkylation sites (N-methyl/N-ethyl adjacent to an activating group) is 1. The summed E-state index contributed by atoms with van der Waals surface area (Å²) in [5.41, 5.74) is 7.40. The van der Waals surface area contributed by atoms with Crippen LogP contribution < -0.4 is 15.8 Å². The van der Waals surface area contributed by atoms with Gasteiger partial charge in [-0.2, -0.15) is 4.98 Å². The van der Waals surface area contributed by atoms with Crippen molar-refractivity contribution < 1.29 is 28.5 Å². The Labute approximate surface area is 216 Å². The molecule has 0 unspecified atom stereocenters. The average molecular weight is 524 g/mol. The fourth-order valence-electron chi connectivity index (χ4n) is 2.71. The zero-order valence-electron chi connectivity index (χ0n) is 20.9. The van der Waals surface area contributed by atoms with Crippen LogP contribution in [0.5, 0.6) is 5.88 Å². The summed E-state index contributed by atoms with van der Waals surface area (Å²) in [4.78, 5) is 33.1.